The van der Waals surface area contributed by atoms with E-state index in [1.54, 1.807) is 12.1 Å². The van der Waals surface area contributed by atoms with Crippen molar-refractivity contribution < 1.29 is 14.3 Å². The van der Waals surface area contributed by atoms with Crippen molar-refractivity contribution in [1.29, 1.82) is 0 Å². The van der Waals surface area contributed by atoms with Gasteiger partial charge in [0.1, 0.15) is 6.61 Å². The van der Waals surface area contributed by atoms with Crippen molar-refractivity contribution in [2.24, 2.45) is 10.8 Å². The third-order valence-corrected chi connectivity index (χ3v) is 3.15. The lowest BCUT2D eigenvalue weighted by Crippen LogP contribution is -2.24. The van der Waals surface area contributed by atoms with Gasteiger partial charge in [0, 0.05) is 0 Å². The first-order valence-electron chi connectivity index (χ1n) is 6.73. The Morgan fingerprint density at radius 3 is 2.74 bits per heavy atom. The third-order valence-electron chi connectivity index (χ3n) is 2.87. The molecule has 0 aliphatic heterocycles. The number of primary amides is 1. The zero-order valence-corrected chi connectivity index (χ0v) is 13.2. The van der Waals surface area contributed by atoms with E-state index in [0.717, 1.165) is 5.56 Å². The maximum absolute atomic E-state index is 10.6. The number of hydrogen-bond acceptors (Lipinski definition) is 4. The first-order valence-corrected chi connectivity index (χ1v) is 7.10. The lowest BCUT2D eigenvalue weighted by atomic mass is 10.2. The number of benzene rings is 2. The number of ether oxygens (including phenoxy) is 2. The molecule has 7 heteroatoms. The molecule has 2 aromatic carbocycles. The number of urea groups is 1. The summed E-state index contributed by atoms with van der Waals surface area (Å²) in [5, 5.41) is 4.05. The van der Waals surface area contributed by atoms with Gasteiger partial charge < -0.3 is 15.2 Å². The Labute approximate surface area is 138 Å². The summed E-state index contributed by atoms with van der Waals surface area (Å²) in [6, 6.07) is 12.3. The van der Waals surface area contributed by atoms with Gasteiger partial charge in [-0.05, 0) is 23.3 Å². The van der Waals surface area contributed by atoms with Gasteiger partial charge >= 0.3 is 6.03 Å². The van der Waals surface area contributed by atoms with Crippen molar-refractivity contribution in [3.63, 3.8) is 0 Å². The highest BCUT2D eigenvalue weighted by molar-refractivity contribution is 6.32. The number of nitrogens with zero attached hydrogens (tertiary/aromatic N) is 1. The van der Waals surface area contributed by atoms with Gasteiger partial charge in [0.25, 0.3) is 0 Å². The Morgan fingerprint density at radius 1 is 1.35 bits per heavy atom. The highest BCUT2D eigenvalue weighted by atomic mass is 35.5. The summed E-state index contributed by atoms with van der Waals surface area (Å²) in [7, 11) is 1.52. The Balaban J connectivity index is 2.16. The van der Waals surface area contributed by atoms with Gasteiger partial charge in [-0.2, -0.15) is 5.10 Å². The van der Waals surface area contributed by atoms with E-state index >= 15 is 0 Å². The second-order valence-electron chi connectivity index (χ2n) is 4.54. The van der Waals surface area contributed by atoms with Gasteiger partial charge in [-0.25, -0.2) is 10.2 Å². The molecule has 0 saturated carbocycles. The van der Waals surface area contributed by atoms with Crippen molar-refractivity contribution in [3.05, 3.63) is 58.6 Å². The molecule has 0 aliphatic rings. The minimum atomic E-state index is -0.748. The van der Waals surface area contributed by atoms with E-state index in [1.807, 2.05) is 30.3 Å². The molecule has 120 valence electrons. The highest BCUT2D eigenvalue weighted by Crippen LogP contribution is 2.36. The number of hydrazone groups is 1. The fourth-order valence-electron chi connectivity index (χ4n) is 1.85. The molecule has 0 aliphatic carbocycles. The molecule has 0 aromatic heterocycles. The SMILES string of the molecule is COc1cc(/C=N\NC(N)=O)cc(Cl)c1OCc1ccccc1. The summed E-state index contributed by atoms with van der Waals surface area (Å²) in [5.41, 5.74) is 8.68. The van der Waals surface area contributed by atoms with Crippen LogP contribution < -0.4 is 20.6 Å². The first kappa shape index (κ1) is 16.6. The predicted octanol–water partition coefficient (Wildman–Crippen LogP) is 2.93. The lowest BCUT2D eigenvalue weighted by molar-refractivity contribution is 0.249. The van der Waals surface area contributed by atoms with Crippen molar-refractivity contribution in [1.82, 2.24) is 5.43 Å². The minimum absolute atomic E-state index is 0.369. The van der Waals surface area contributed by atoms with Gasteiger partial charge in [0.15, 0.2) is 11.5 Å². The predicted molar refractivity (Wildman–Crippen MR) is 89.1 cm³/mol. The number of carbonyl (C=O) groups excluding carboxylic acids is 1. The summed E-state index contributed by atoms with van der Waals surface area (Å²) >= 11 is 6.24. The van der Waals surface area contributed by atoms with Gasteiger partial charge in [-0.3, -0.25) is 0 Å². The summed E-state index contributed by atoms with van der Waals surface area (Å²) < 4.78 is 11.1. The standard InChI is InChI=1S/C16H16ClN3O3/c1-22-14-8-12(9-19-20-16(18)21)7-13(17)15(14)23-10-11-5-3-2-4-6-11/h2-9H,10H2,1H3,(H3,18,20,21)/b19-9-. The normalized spacial score (nSPS) is 10.5. The molecule has 0 saturated heterocycles. The maximum atomic E-state index is 10.6. The second-order valence-corrected chi connectivity index (χ2v) is 4.95. The number of amides is 2. The van der Waals surface area contributed by atoms with Crippen LogP contribution in [-0.4, -0.2) is 19.4 Å². The number of rotatable bonds is 6. The molecule has 6 nitrogen and oxygen atoms in total. The highest BCUT2D eigenvalue weighted by Gasteiger charge is 2.11. The number of halogens is 1. The topological polar surface area (TPSA) is 85.9 Å². The van der Waals surface area contributed by atoms with Crippen LogP contribution in [0.3, 0.4) is 0 Å². The molecule has 0 bridgehead atoms. The van der Waals surface area contributed by atoms with E-state index in [-0.39, 0.29) is 0 Å². The van der Waals surface area contributed by atoms with E-state index in [2.05, 4.69) is 10.5 Å². The minimum Gasteiger partial charge on any atom is -0.493 e. The number of methoxy groups -OCH3 is 1. The van der Waals surface area contributed by atoms with Crippen LogP contribution in [0.2, 0.25) is 5.02 Å². The van der Waals surface area contributed by atoms with E-state index in [0.29, 0.717) is 28.7 Å². The monoisotopic (exact) mass is 333 g/mol. The van der Waals surface area contributed by atoms with Crippen molar-refractivity contribution >= 4 is 23.8 Å². The van der Waals surface area contributed by atoms with Crippen LogP contribution >= 0.6 is 11.6 Å². The van der Waals surface area contributed by atoms with Crippen molar-refractivity contribution in [2.45, 2.75) is 6.61 Å². The summed E-state index contributed by atoms with van der Waals surface area (Å²) in [5.74, 6) is 0.909. The fourth-order valence-corrected chi connectivity index (χ4v) is 2.13. The summed E-state index contributed by atoms with van der Waals surface area (Å²) in [6.07, 6.45) is 1.40. The molecule has 3 N–H and O–H groups in total. The van der Waals surface area contributed by atoms with E-state index in [1.165, 1.54) is 13.3 Å². The van der Waals surface area contributed by atoms with Crippen LogP contribution in [0.15, 0.2) is 47.6 Å². The number of carbonyl (C=O) groups is 1. The zero-order chi connectivity index (χ0) is 16.7. The van der Waals surface area contributed by atoms with Gasteiger partial charge in [0.05, 0.1) is 18.3 Å². The molecule has 23 heavy (non-hydrogen) atoms. The molecular formula is C16H16ClN3O3. The summed E-state index contributed by atoms with van der Waals surface area (Å²) in [6.45, 7) is 0.369. The molecule has 0 radical (unpaired) electrons. The van der Waals surface area contributed by atoms with Crippen LogP contribution in [0.4, 0.5) is 4.79 Å². The number of hydrogen-bond donors (Lipinski definition) is 2. The van der Waals surface area contributed by atoms with Crippen LogP contribution in [0.25, 0.3) is 0 Å². The average Bonchev–Trinajstić information content (AvgIpc) is 2.54. The third kappa shape index (κ3) is 4.89. The van der Waals surface area contributed by atoms with Gasteiger partial charge in [0.2, 0.25) is 0 Å². The first-order chi connectivity index (χ1) is 11.1. The van der Waals surface area contributed by atoms with E-state index in [4.69, 9.17) is 26.8 Å². The van der Waals surface area contributed by atoms with Crippen LogP contribution in [0.1, 0.15) is 11.1 Å². The Morgan fingerprint density at radius 2 is 2.09 bits per heavy atom. The van der Waals surface area contributed by atoms with Crippen LogP contribution in [-0.2, 0) is 6.61 Å². The lowest BCUT2D eigenvalue weighted by Gasteiger charge is -2.13. The molecule has 2 aromatic rings. The van der Waals surface area contributed by atoms with Crippen LogP contribution in [0.5, 0.6) is 11.5 Å². The molecule has 0 spiro atoms. The van der Waals surface area contributed by atoms with Crippen molar-refractivity contribution in [2.75, 3.05) is 7.11 Å². The molecule has 0 fully saturated rings. The molecule has 2 rings (SSSR count). The quantitative estimate of drug-likeness (QED) is 0.629. The largest absolute Gasteiger partial charge is 0.493 e. The molecule has 2 amide bonds. The van der Waals surface area contributed by atoms with Gasteiger partial charge in [-0.15, -0.1) is 0 Å². The van der Waals surface area contributed by atoms with Gasteiger partial charge in [-0.1, -0.05) is 41.9 Å². The Bertz CT molecular complexity index is 705. The number of nitrogens with one attached hydrogen (secondary N) is 1. The molecule has 0 atom stereocenters. The fraction of sp³-hybridized carbons (Fsp3) is 0.125. The summed E-state index contributed by atoms with van der Waals surface area (Å²) in [4.78, 5) is 10.6. The molecule has 0 heterocycles. The second kappa shape index (κ2) is 8.05. The molecule has 0 unspecified atom stereocenters. The smallest absolute Gasteiger partial charge is 0.332 e. The maximum Gasteiger partial charge on any atom is 0.332 e. The Hall–Kier alpha value is -2.73. The van der Waals surface area contributed by atoms with Crippen LogP contribution in [0, 0.1) is 0 Å². The Kier molecular flexibility index (Phi) is 5.82. The van der Waals surface area contributed by atoms with Crippen molar-refractivity contribution in [3.8, 4) is 11.5 Å². The number of nitrogens with two attached hydrogens (primary N) is 1. The average molecular weight is 334 g/mol. The van der Waals surface area contributed by atoms with E-state index < -0.39 is 6.03 Å². The van der Waals surface area contributed by atoms with E-state index in [9.17, 15) is 4.79 Å². The zero-order valence-electron chi connectivity index (χ0n) is 12.5. The molecular weight excluding hydrogens is 318 g/mol.